The molecule has 0 N–H and O–H groups in total. The third kappa shape index (κ3) is 3.04. The number of benzene rings is 2. The standard InChI is InChI=1S/C24H31N3O/c1-3-28-19-7-4-6-18(16-19)10-12-26-13-11-22-21(17-26)20-8-5-9-23-24(20)27(22)15-14-25(23)2/h4-9,16,21-22H,3,10-15,17H2,1-2H3/t21-,22-/m0/s1. The molecule has 1 saturated heterocycles. The van der Waals surface area contributed by atoms with E-state index in [1.165, 1.54) is 43.0 Å². The lowest BCUT2D eigenvalue weighted by Gasteiger charge is -2.41. The van der Waals surface area contributed by atoms with Gasteiger partial charge in [0.25, 0.3) is 0 Å². The van der Waals surface area contributed by atoms with Crippen LogP contribution in [0.5, 0.6) is 5.75 Å². The summed E-state index contributed by atoms with van der Waals surface area (Å²) in [6.07, 6.45) is 2.37. The van der Waals surface area contributed by atoms with Crippen LogP contribution in [-0.4, -0.2) is 57.3 Å². The highest BCUT2D eigenvalue weighted by Crippen LogP contribution is 2.50. The number of anilines is 2. The minimum atomic E-state index is 0.657. The maximum absolute atomic E-state index is 5.66. The van der Waals surface area contributed by atoms with Crippen molar-refractivity contribution in [2.24, 2.45) is 0 Å². The Labute approximate surface area is 168 Å². The quantitative estimate of drug-likeness (QED) is 0.790. The molecule has 2 aromatic rings. The summed E-state index contributed by atoms with van der Waals surface area (Å²) in [5.41, 5.74) is 5.91. The molecule has 2 aromatic carbocycles. The van der Waals surface area contributed by atoms with Crippen LogP contribution in [0.25, 0.3) is 0 Å². The number of fused-ring (bicyclic) bond motifs is 3. The van der Waals surface area contributed by atoms with E-state index >= 15 is 0 Å². The van der Waals surface area contributed by atoms with Crippen molar-refractivity contribution in [3.8, 4) is 5.75 Å². The van der Waals surface area contributed by atoms with Crippen LogP contribution in [0.1, 0.15) is 30.4 Å². The molecule has 0 amide bonds. The molecule has 3 aliphatic heterocycles. The fourth-order valence-corrected chi connectivity index (χ4v) is 5.42. The van der Waals surface area contributed by atoms with E-state index in [1.54, 1.807) is 5.56 Å². The van der Waals surface area contributed by atoms with E-state index in [4.69, 9.17) is 4.74 Å². The molecule has 2 atom stereocenters. The van der Waals surface area contributed by atoms with E-state index in [1.807, 2.05) is 6.92 Å². The first kappa shape index (κ1) is 17.9. The lowest BCUT2D eigenvalue weighted by Crippen LogP contribution is -2.49. The van der Waals surface area contributed by atoms with Gasteiger partial charge in [0.05, 0.1) is 18.0 Å². The van der Waals surface area contributed by atoms with Gasteiger partial charge >= 0.3 is 0 Å². The maximum atomic E-state index is 5.66. The Balaban J connectivity index is 1.29. The first-order valence-electron chi connectivity index (χ1n) is 10.8. The number of hydrogen-bond donors (Lipinski definition) is 0. The third-order valence-electron chi connectivity index (χ3n) is 6.81. The summed E-state index contributed by atoms with van der Waals surface area (Å²) in [4.78, 5) is 7.82. The SMILES string of the molecule is CCOc1cccc(CCN2CC[C@H]3[C@@H](C2)c2cccc4c2N3CCN4C)c1. The van der Waals surface area contributed by atoms with Crippen molar-refractivity contribution in [2.45, 2.75) is 31.7 Å². The number of rotatable bonds is 5. The average Bonchev–Trinajstić information content (AvgIpc) is 3.04. The Morgan fingerprint density at radius 1 is 1.07 bits per heavy atom. The van der Waals surface area contributed by atoms with Crippen molar-refractivity contribution in [2.75, 3.05) is 56.2 Å². The molecule has 0 aromatic heterocycles. The second-order valence-electron chi connectivity index (χ2n) is 8.42. The van der Waals surface area contributed by atoms with Crippen LogP contribution in [0.2, 0.25) is 0 Å². The molecule has 0 aliphatic carbocycles. The summed E-state index contributed by atoms with van der Waals surface area (Å²) in [5.74, 6) is 1.65. The Morgan fingerprint density at radius 2 is 1.96 bits per heavy atom. The molecular weight excluding hydrogens is 346 g/mol. The summed E-state index contributed by atoms with van der Waals surface area (Å²) < 4.78 is 5.66. The summed E-state index contributed by atoms with van der Waals surface area (Å²) in [6, 6.07) is 16.2. The fourth-order valence-electron chi connectivity index (χ4n) is 5.42. The minimum Gasteiger partial charge on any atom is -0.494 e. The Morgan fingerprint density at radius 3 is 2.86 bits per heavy atom. The van der Waals surface area contributed by atoms with E-state index in [0.29, 0.717) is 12.0 Å². The number of hydrogen-bond acceptors (Lipinski definition) is 4. The largest absolute Gasteiger partial charge is 0.494 e. The lowest BCUT2D eigenvalue weighted by atomic mass is 9.89. The van der Waals surface area contributed by atoms with E-state index < -0.39 is 0 Å². The highest BCUT2D eigenvalue weighted by atomic mass is 16.5. The number of nitrogens with zero attached hydrogens (tertiary/aromatic N) is 3. The second-order valence-corrected chi connectivity index (χ2v) is 8.42. The number of piperidine rings is 1. The maximum Gasteiger partial charge on any atom is 0.119 e. The Kier molecular flexibility index (Phi) is 4.67. The average molecular weight is 378 g/mol. The molecule has 0 saturated carbocycles. The van der Waals surface area contributed by atoms with Crippen molar-refractivity contribution in [3.63, 3.8) is 0 Å². The Hall–Kier alpha value is -2.20. The van der Waals surface area contributed by atoms with Gasteiger partial charge in [0, 0.05) is 51.7 Å². The molecule has 0 spiro atoms. The van der Waals surface area contributed by atoms with Crippen molar-refractivity contribution in [1.82, 2.24) is 4.90 Å². The van der Waals surface area contributed by atoms with Gasteiger partial charge in [-0.3, -0.25) is 0 Å². The topological polar surface area (TPSA) is 19.0 Å². The Bertz CT molecular complexity index is 851. The van der Waals surface area contributed by atoms with Crippen molar-refractivity contribution in [1.29, 1.82) is 0 Å². The smallest absolute Gasteiger partial charge is 0.119 e. The first-order chi connectivity index (χ1) is 13.7. The number of para-hydroxylation sites is 1. The monoisotopic (exact) mass is 377 g/mol. The predicted molar refractivity (Wildman–Crippen MR) is 116 cm³/mol. The van der Waals surface area contributed by atoms with Crippen LogP contribution in [0.4, 0.5) is 11.4 Å². The van der Waals surface area contributed by atoms with E-state index in [-0.39, 0.29) is 0 Å². The third-order valence-corrected chi connectivity index (χ3v) is 6.81. The molecule has 4 heteroatoms. The molecule has 28 heavy (non-hydrogen) atoms. The molecule has 1 fully saturated rings. The highest BCUT2D eigenvalue weighted by molar-refractivity contribution is 5.80. The molecule has 4 nitrogen and oxygen atoms in total. The van der Waals surface area contributed by atoms with Gasteiger partial charge in [-0.05, 0) is 49.1 Å². The molecular formula is C24H31N3O. The molecule has 148 valence electrons. The van der Waals surface area contributed by atoms with Gasteiger partial charge in [0.1, 0.15) is 5.75 Å². The van der Waals surface area contributed by atoms with Gasteiger partial charge in [0.2, 0.25) is 0 Å². The van der Waals surface area contributed by atoms with Crippen LogP contribution < -0.4 is 14.5 Å². The second kappa shape index (κ2) is 7.32. The van der Waals surface area contributed by atoms with Gasteiger partial charge in [0.15, 0.2) is 0 Å². The number of ether oxygens (including phenoxy) is 1. The minimum absolute atomic E-state index is 0.657. The van der Waals surface area contributed by atoms with Crippen molar-refractivity contribution < 1.29 is 4.74 Å². The molecule has 3 aliphatic rings. The molecule has 5 rings (SSSR count). The van der Waals surface area contributed by atoms with Gasteiger partial charge in [-0.2, -0.15) is 0 Å². The summed E-state index contributed by atoms with van der Waals surface area (Å²) in [7, 11) is 2.23. The van der Waals surface area contributed by atoms with Crippen LogP contribution in [0.3, 0.4) is 0 Å². The van der Waals surface area contributed by atoms with E-state index in [2.05, 4.69) is 64.2 Å². The molecule has 0 unspecified atom stereocenters. The predicted octanol–water partition coefficient (Wildman–Crippen LogP) is 3.76. The van der Waals surface area contributed by atoms with Crippen LogP contribution in [0, 0.1) is 0 Å². The van der Waals surface area contributed by atoms with Crippen LogP contribution in [-0.2, 0) is 6.42 Å². The first-order valence-corrected chi connectivity index (χ1v) is 10.8. The number of likely N-dealkylation sites (N-methyl/N-ethyl adjacent to an activating group) is 1. The normalized spacial score (nSPS) is 23.5. The van der Waals surface area contributed by atoms with E-state index in [9.17, 15) is 0 Å². The highest BCUT2D eigenvalue weighted by Gasteiger charge is 2.44. The number of likely N-dealkylation sites (tertiary alicyclic amines) is 1. The van der Waals surface area contributed by atoms with Crippen molar-refractivity contribution in [3.05, 3.63) is 53.6 Å². The van der Waals surface area contributed by atoms with E-state index in [0.717, 1.165) is 31.9 Å². The van der Waals surface area contributed by atoms with Gasteiger partial charge in [-0.1, -0.05) is 24.3 Å². The molecule has 0 bridgehead atoms. The van der Waals surface area contributed by atoms with Crippen LogP contribution in [0.15, 0.2) is 42.5 Å². The summed E-state index contributed by atoms with van der Waals surface area (Å²) in [5, 5.41) is 0. The zero-order valence-electron chi connectivity index (χ0n) is 17.1. The van der Waals surface area contributed by atoms with Gasteiger partial charge < -0.3 is 19.4 Å². The lowest BCUT2D eigenvalue weighted by molar-refractivity contribution is 0.195. The fraction of sp³-hybridized carbons (Fsp3) is 0.500. The van der Waals surface area contributed by atoms with Crippen LogP contribution >= 0.6 is 0 Å². The van der Waals surface area contributed by atoms with Crippen molar-refractivity contribution >= 4 is 11.4 Å². The van der Waals surface area contributed by atoms with Gasteiger partial charge in [-0.15, -0.1) is 0 Å². The van der Waals surface area contributed by atoms with Gasteiger partial charge in [-0.25, -0.2) is 0 Å². The summed E-state index contributed by atoms with van der Waals surface area (Å²) >= 11 is 0. The summed E-state index contributed by atoms with van der Waals surface area (Å²) in [6.45, 7) is 8.61. The molecule has 3 heterocycles. The zero-order valence-corrected chi connectivity index (χ0v) is 17.1. The zero-order chi connectivity index (χ0) is 19.1. The molecule has 0 radical (unpaired) electrons.